The van der Waals surface area contributed by atoms with Gasteiger partial charge in [0.05, 0.1) is 19.8 Å². The molecule has 0 fully saturated rings. The molecule has 0 aliphatic carbocycles. The highest BCUT2D eigenvalue weighted by Crippen LogP contribution is 1.88. The van der Waals surface area contributed by atoms with Crippen molar-refractivity contribution < 1.29 is 24.5 Å². The van der Waals surface area contributed by atoms with Crippen LogP contribution in [-0.4, -0.2) is 49.2 Å². The monoisotopic (exact) mass is 292 g/mol. The number of ether oxygens (including phenoxy) is 2. The summed E-state index contributed by atoms with van der Waals surface area (Å²) in [6.07, 6.45) is 3.15. The maximum absolute atomic E-state index is 10.3. The zero-order chi connectivity index (χ0) is 16.6. The summed E-state index contributed by atoms with van der Waals surface area (Å²) in [6.45, 7) is 17.2. The lowest BCUT2D eigenvalue weighted by atomic mass is 10.4. The van der Waals surface area contributed by atoms with Crippen LogP contribution in [0.5, 0.6) is 0 Å². The van der Waals surface area contributed by atoms with Crippen LogP contribution in [0.3, 0.4) is 0 Å². The Balaban J connectivity index is -0.0000000990. The molecule has 0 aliphatic rings. The molecule has 0 rings (SSSR count). The molecule has 5 nitrogen and oxygen atoms in total. The summed E-state index contributed by atoms with van der Waals surface area (Å²) in [5.74, 6) is -0.330. The molecule has 0 aliphatic heterocycles. The second kappa shape index (κ2) is 36.1. The van der Waals surface area contributed by atoms with Crippen LogP contribution in [-0.2, 0) is 14.3 Å². The lowest BCUT2D eigenvalue weighted by Crippen LogP contribution is -2.00. The van der Waals surface area contributed by atoms with Crippen LogP contribution in [0.4, 0.5) is 0 Å². The third-order valence-corrected chi connectivity index (χ3v) is 1.42. The van der Waals surface area contributed by atoms with Gasteiger partial charge in [-0.15, -0.1) is 13.2 Å². The van der Waals surface area contributed by atoms with E-state index in [0.717, 1.165) is 26.1 Å². The molecule has 0 aromatic heterocycles. The van der Waals surface area contributed by atoms with Gasteiger partial charge in [0, 0.05) is 19.3 Å². The van der Waals surface area contributed by atoms with Gasteiger partial charge in [0.25, 0.3) is 0 Å². The van der Waals surface area contributed by atoms with Crippen molar-refractivity contribution >= 4 is 5.97 Å². The largest absolute Gasteiger partial charge is 0.463 e. The fourth-order valence-corrected chi connectivity index (χ4v) is 0.580. The Hall–Kier alpha value is -1.17. The van der Waals surface area contributed by atoms with Crippen LogP contribution in [0.25, 0.3) is 0 Å². The molecule has 0 atom stereocenters. The van der Waals surface area contributed by atoms with E-state index in [1.165, 1.54) is 6.08 Å². The van der Waals surface area contributed by atoms with E-state index in [4.69, 9.17) is 14.9 Å². The summed E-state index contributed by atoms with van der Waals surface area (Å²) >= 11 is 0. The third kappa shape index (κ3) is 54.1. The number of aliphatic hydroxyl groups is 2. The highest BCUT2D eigenvalue weighted by molar-refractivity contribution is 5.81. The minimum atomic E-state index is -0.330. The molecule has 0 radical (unpaired) electrons. The fourth-order valence-electron chi connectivity index (χ4n) is 0.580. The molecule has 0 heterocycles. The zero-order valence-corrected chi connectivity index (χ0v) is 13.3. The second-order valence-electron chi connectivity index (χ2n) is 2.95. The standard InChI is InChI=1S/C7H12O2.C4H10O.C2H6O2.C2H4/c1-3-5-6-9-7(8)4-2;1-3-5-4-2;3-1-2-4;1-2/h4H,2-3,5-6H2,1H3;3-4H2,1-2H3;3-4H,1-2H2;1-2H2. The number of hydrogen-bond acceptors (Lipinski definition) is 5. The summed E-state index contributed by atoms with van der Waals surface area (Å²) in [5.41, 5.74) is 0. The molecule has 0 aromatic rings. The number of esters is 1. The maximum atomic E-state index is 10.3. The molecule has 0 saturated heterocycles. The van der Waals surface area contributed by atoms with E-state index in [-0.39, 0.29) is 19.2 Å². The molecule has 0 bridgehead atoms. The molecule has 0 spiro atoms. The molecule has 5 heteroatoms. The number of carbonyl (C=O) groups is 1. The summed E-state index contributed by atoms with van der Waals surface area (Å²) in [7, 11) is 0. The Labute approximate surface area is 123 Å². The highest BCUT2D eigenvalue weighted by atomic mass is 16.5. The molecule has 122 valence electrons. The third-order valence-electron chi connectivity index (χ3n) is 1.42. The van der Waals surface area contributed by atoms with E-state index in [1.807, 2.05) is 20.8 Å². The Morgan fingerprint density at radius 1 is 1.10 bits per heavy atom. The first-order valence-electron chi connectivity index (χ1n) is 6.72. The molecular formula is C15H32O5. The van der Waals surface area contributed by atoms with E-state index in [2.05, 4.69) is 24.5 Å². The Bertz CT molecular complexity index is 168. The van der Waals surface area contributed by atoms with Gasteiger partial charge in [0.15, 0.2) is 0 Å². The lowest BCUT2D eigenvalue weighted by Gasteiger charge is -1.97. The van der Waals surface area contributed by atoms with Crippen LogP contribution in [0.2, 0.25) is 0 Å². The van der Waals surface area contributed by atoms with Gasteiger partial charge in [-0.3, -0.25) is 0 Å². The van der Waals surface area contributed by atoms with E-state index in [0.29, 0.717) is 6.61 Å². The van der Waals surface area contributed by atoms with Crippen molar-refractivity contribution in [2.75, 3.05) is 33.0 Å². The Kier molecular flexibility index (Phi) is 49.1. The Morgan fingerprint density at radius 2 is 1.55 bits per heavy atom. The van der Waals surface area contributed by atoms with Gasteiger partial charge in [0.1, 0.15) is 0 Å². The molecule has 0 saturated carbocycles. The summed E-state index contributed by atoms with van der Waals surface area (Å²) < 4.78 is 9.51. The van der Waals surface area contributed by atoms with Crippen molar-refractivity contribution in [1.29, 1.82) is 0 Å². The van der Waals surface area contributed by atoms with Gasteiger partial charge in [-0.2, -0.15) is 0 Å². The lowest BCUT2D eigenvalue weighted by molar-refractivity contribution is -0.137. The van der Waals surface area contributed by atoms with Crippen molar-refractivity contribution in [1.82, 2.24) is 0 Å². The molecular weight excluding hydrogens is 260 g/mol. The van der Waals surface area contributed by atoms with E-state index >= 15 is 0 Å². The fraction of sp³-hybridized carbons (Fsp3) is 0.667. The average molecular weight is 292 g/mol. The number of carbonyl (C=O) groups excluding carboxylic acids is 1. The van der Waals surface area contributed by atoms with Gasteiger partial charge in [-0.05, 0) is 20.3 Å². The average Bonchev–Trinajstić information content (AvgIpc) is 2.51. The molecule has 20 heavy (non-hydrogen) atoms. The van der Waals surface area contributed by atoms with Crippen molar-refractivity contribution in [3.8, 4) is 0 Å². The van der Waals surface area contributed by atoms with Crippen LogP contribution in [0.1, 0.15) is 33.6 Å². The van der Waals surface area contributed by atoms with Crippen LogP contribution in [0, 0.1) is 0 Å². The zero-order valence-electron chi connectivity index (χ0n) is 13.3. The van der Waals surface area contributed by atoms with Crippen molar-refractivity contribution in [2.45, 2.75) is 33.6 Å². The smallest absolute Gasteiger partial charge is 0.330 e. The van der Waals surface area contributed by atoms with Crippen molar-refractivity contribution in [3.05, 3.63) is 25.8 Å². The van der Waals surface area contributed by atoms with Gasteiger partial charge in [0.2, 0.25) is 0 Å². The second-order valence-corrected chi connectivity index (χ2v) is 2.95. The minimum Gasteiger partial charge on any atom is -0.463 e. The molecule has 2 N–H and O–H groups in total. The first-order valence-corrected chi connectivity index (χ1v) is 6.72. The highest BCUT2D eigenvalue weighted by Gasteiger charge is 1.91. The summed E-state index contributed by atoms with van der Waals surface area (Å²) in [4.78, 5) is 10.3. The first kappa shape index (κ1) is 27.2. The van der Waals surface area contributed by atoms with Gasteiger partial charge >= 0.3 is 5.97 Å². The minimum absolute atomic E-state index is 0.125. The predicted molar refractivity (Wildman–Crippen MR) is 83.7 cm³/mol. The van der Waals surface area contributed by atoms with Crippen LogP contribution < -0.4 is 0 Å². The van der Waals surface area contributed by atoms with Crippen molar-refractivity contribution in [2.24, 2.45) is 0 Å². The van der Waals surface area contributed by atoms with Crippen LogP contribution in [0.15, 0.2) is 25.8 Å². The van der Waals surface area contributed by atoms with Crippen LogP contribution >= 0.6 is 0 Å². The maximum Gasteiger partial charge on any atom is 0.330 e. The van der Waals surface area contributed by atoms with Gasteiger partial charge < -0.3 is 19.7 Å². The SMILES string of the molecule is C=C.C=CC(=O)OCCCC.CCOCC.OCCO. The number of rotatable bonds is 7. The van der Waals surface area contributed by atoms with Crippen molar-refractivity contribution in [3.63, 3.8) is 0 Å². The number of unbranched alkanes of at least 4 members (excludes halogenated alkanes) is 1. The molecule has 0 unspecified atom stereocenters. The molecule has 0 amide bonds. The quantitative estimate of drug-likeness (QED) is 0.326. The van der Waals surface area contributed by atoms with E-state index in [9.17, 15) is 4.79 Å². The first-order chi connectivity index (χ1) is 9.64. The number of aliphatic hydroxyl groups excluding tert-OH is 2. The topological polar surface area (TPSA) is 76.0 Å². The van der Waals surface area contributed by atoms with E-state index < -0.39 is 0 Å². The summed E-state index contributed by atoms with van der Waals surface area (Å²) in [5, 5.41) is 15.2. The van der Waals surface area contributed by atoms with E-state index in [1.54, 1.807) is 0 Å². The van der Waals surface area contributed by atoms with Gasteiger partial charge in [-0.25, -0.2) is 4.79 Å². The Morgan fingerprint density at radius 3 is 1.75 bits per heavy atom. The molecule has 0 aromatic carbocycles. The van der Waals surface area contributed by atoms with Gasteiger partial charge in [-0.1, -0.05) is 19.9 Å². The predicted octanol–water partition coefficient (Wildman–Crippen LogP) is 2.33. The normalized spacial score (nSPS) is 7.65. The number of hydrogen-bond donors (Lipinski definition) is 2. The summed E-state index contributed by atoms with van der Waals surface area (Å²) in [6, 6.07) is 0.